The summed E-state index contributed by atoms with van der Waals surface area (Å²) in [5.74, 6) is -0.405. The molecule has 6 nitrogen and oxygen atoms in total. The van der Waals surface area contributed by atoms with Gasteiger partial charge in [0.25, 0.3) is 0 Å². The first-order valence-electron chi connectivity index (χ1n) is 5.17. The largest absolute Gasteiger partial charge is 1.00 e. The van der Waals surface area contributed by atoms with Gasteiger partial charge < -0.3 is 14.0 Å². The van der Waals surface area contributed by atoms with Crippen molar-refractivity contribution in [1.82, 2.24) is 0 Å². The van der Waals surface area contributed by atoms with Gasteiger partial charge in [0.15, 0.2) is 0 Å². The van der Waals surface area contributed by atoms with Gasteiger partial charge in [-0.25, -0.2) is 13.2 Å². The molecule has 1 rings (SSSR count). The molecule has 0 aromatic heterocycles. The third-order valence-corrected chi connectivity index (χ3v) is 2.87. The molecule has 0 aliphatic carbocycles. The van der Waals surface area contributed by atoms with E-state index in [9.17, 15) is 17.8 Å². The van der Waals surface area contributed by atoms with Crippen LogP contribution in [-0.4, -0.2) is 38.4 Å². The van der Waals surface area contributed by atoms with E-state index in [1.807, 2.05) is 0 Å². The molecule has 0 aliphatic heterocycles. The number of hydrogen-bond acceptors (Lipinski definition) is 6. The molecule has 0 amide bonds. The van der Waals surface area contributed by atoms with Crippen molar-refractivity contribution in [3.05, 3.63) is 29.8 Å². The molecule has 0 heterocycles. The molecule has 0 spiro atoms. The summed E-state index contributed by atoms with van der Waals surface area (Å²) < 4.78 is 40.7. The second kappa shape index (κ2) is 8.55. The van der Waals surface area contributed by atoms with Gasteiger partial charge in [0.1, 0.15) is 5.75 Å². The van der Waals surface area contributed by atoms with Gasteiger partial charge in [-0.1, -0.05) is 0 Å². The van der Waals surface area contributed by atoms with Crippen LogP contribution in [0.3, 0.4) is 0 Å². The number of rotatable bonds is 6. The van der Waals surface area contributed by atoms with E-state index in [0.717, 1.165) is 0 Å². The van der Waals surface area contributed by atoms with Crippen molar-refractivity contribution in [3.63, 3.8) is 0 Å². The summed E-state index contributed by atoms with van der Waals surface area (Å²) in [6, 6.07) is 6.20. The molecule has 8 heteroatoms. The van der Waals surface area contributed by atoms with Crippen molar-refractivity contribution in [2.75, 3.05) is 19.5 Å². The molecule has 0 N–H and O–H groups in total. The minimum Gasteiger partial charge on any atom is -0.748 e. The van der Waals surface area contributed by atoms with Crippen molar-refractivity contribution in [2.24, 2.45) is 0 Å². The van der Waals surface area contributed by atoms with Crippen molar-refractivity contribution >= 4 is 16.1 Å². The fraction of sp³-hybridized carbons (Fsp3) is 0.364. The van der Waals surface area contributed by atoms with E-state index in [-0.39, 0.29) is 42.6 Å². The number of methoxy groups -OCH3 is 1. The van der Waals surface area contributed by atoms with E-state index in [1.54, 1.807) is 12.1 Å². The van der Waals surface area contributed by atoms with E-state index < -0.39 is 21.8 Å². The molecule has 1 aromatic rings. The minimum absolute atomic E-state index is 0. The third kappa shape index (κ3) is 7.54. The van der Waals surface area contributed by atoms with Crippen LogP contribution in [0.4, 0.5) is 0 Å². The van der Waals surface area contributed by atoms with Gasteiger partial charge in [-0.2, -0.15) is 0 Å². The van der Waals surface area contributed by atoms with Crippen LogP contribution in [0.5, 0.6) is 5.75 Å². The number of ether oxygens (including phenoxy) is 2. The Labute approximate surface area is 134 Å². The predicted octanol–water partition coefficient (Wildman–Crippen LogP) is -2.21. The molecule has 0 saturated heterocycles. The molecule has 0 atom stereocenters. The maximum absolute atomic E-state index is 11.1. The molecular weight excluding hydrogens is 283 g/mol. The Morgan fingerprint density at radius 1 is 1.26 bits per heavy atom. The zero-order valence-electron chi connectivity index (χ0n) is 10.8. The van der Waals surface area contributed by atoms with Crippen molar-refractivity contribution < 1.29 is 56.8 Å². The number of esters is 1. The predicted molar refractivity (Wildman–Crippen MR) is 62.5 cm³/mol. The summed E-state index contributed by atoms with van der Waals surface area (Å²) in [5.41, 5.74) is 0.395. The standard InChI is InChI=1S/C11H14O6S.Na/c1-16-11(12)9-3-5-10(6-4-9)17-7-2-8-18(13,14)15;/h3-6H,2,7-8H2,1H3,(H,13,14,15);/q;+1/p-1. The van der Waals surface area contributed by atoms with Crippen LogP contribution in [0.15, 0.2) is 24.3 Å². The van der Waals surface area contributed by atoms with Crippen molar-refractivity contribution in [3.8, 4) is 5.75 Å². The van der Waals surface area contributed by atoms with Crippen LogP contribution in [0.1, 0.15) is 16.8 Å². The molecule has 0 saturated carbocycles. The summed E-state index contributed by atoms with van der Waals surface area (Å²) in [4.78, 5) is 11.1. The average molecular weight is 296 g/mol. The van der Waals surface area contributed by atoms with Crippen LogP contribution >= 0.6 is 0 Å². The second-order valence-electron chi connectivity index (χ2n) is 3.48. The van der Waals surface area contributed by atoms with E-state index in [1.165, 1.54) is 19.2 Å². The quantitative estimate of drug-likeness (QED) is 0.256. The number of carbonyl (C=O) groups excluding carboxylic acids is 1. The first kappa shape index (κ1) is 18.4. The Morgan fingerprint density at radius 2 is 1.84 bits per heavy atom. The topological polar surface area (TPSA) is 92.7 Å². The fourth-order valence-electron chi connectivity index (χ4n) is 1.23. The van der Waals surface area contributed by atoms with E-state index in [2.05, 4.69) is 4.74 Å². The monoisotopic (exact) mass is 296 g/mol. The zero-order valence-corrected chi connectivity index (χ0v) is 13.6. The van der Waals surface area contributed by atoms with Gasteiger partial charge in [-0.05, 0) is 30.7 Å². The van der Waals surface area contributed by atoms with E-state index in [0.29, 0.717) is 11.3 Å². The first-order chi connectivity index (χ1) is 8.42. The van der Waals surface area contributed by atoms with Crippen LogP contribution in [0.25, 0.3) is 0 Å². The SMILES string of the molecule is COC(=O)c1ccc(OCCCS(=O)(=O)[O-])cc1.[Na+]. The Hall–Kier alpha value is -0.600. The van der Waals surface area contributed by atoms with Gasteiger partial charge in [0, 0.05) is 5.75 Å². The average Bonchev–Trinajstić information content (AvgIpc) is 2.33. The zero-order chi connectivity index (χ0) is 13.6. The van der Waals surface area contributed by atoms with Crippen molar-refractivity contribution in [1.29, 1.82) is 0 Å². The van der Waals surface area contributed by atoms with Gasteiger partial charge in [-0.15, -0.1) is 0 Å². The molecule has 1 aromatic carbocycles. The van der Waals surface area contributed by atoms with Gasteiger partial charge in [0.2, 0.25) is 0 Å². The smallest absolute Gasteiger partial charge is 0.748 e. The van der Waals surface area contributed by atoms with Crippen LogP contribution < -0.4 is 34.3 Å². The molecule has 0 unspecified atom stereocenters. The third-order valence-electron chi connectivity index (χ3n) is 2.08. The van der Waals surface area contributed by atoms with Crippen LogP contribution in [-0.2, 0) is 14.9 Å². The Morgan fingerprint density at radius 3 is 2.32 bits per heavy atom. The molecule has 0 bridgehead atoms. The minimum atomic E-state index is -4.19. The Bertz CT molecular complexity index is 496. The molecule has 0 radical (unpaired) electrons. The van der Waals surface area contributed by atoms with Crippen molar-refractivity contribution in [2.45, 2.75) is 6.42 Å². The van der Waals surface area contributed by atoms with Gasteiger partial charge >= 0.3 is 35.5 Å². The molecule has 0 fully saturated rings. The summed E-state index contributed by atoms with van der Waals surface area (Å²) in [5, 5.41) is 0. The maximum atomic E-state index is 11.1. The fourth-order valence-corrected chi connectivity index (χ4v) is 1.70. The van der Waals surface area contributed by atoms with Gasteiger partial charge in [-0.3, -0.25) is 0 Å². The number of carbonyl (C=O) groups is 1. The number of hydrogen-bond donors (Lipinski definition) is 0. The summed E-state index contributed by atoms with van der Waals surface area (Å²) >= 11 is 0. The normalized spacial score (nSPS) is 10.4. The molecule has 100 valence electrons. The Balaban J connectivity index is 0.00000324. The maximum Gasteiger partial charge on any atom is 1.00 e. The summed E-state index contributed by atoms with van der Waals surface area (Å²) in [6.07, 6.45) is 0.130. The first-order valence-corrected chi connectivity index (χ1v) is 6.75. The summed E-state index contributed by atoms with van der Waals surface area (Å²) in [7, 11) is -2.90. The van der Waals surface area contributed by atoms with Crippen LogP contribution in [0.2, 0.25) is 0 Å². The molecule has 0 aliphatic rings. The van der Waals surface area contributed by atoms with Crippen LogP contribution in [0, 0.1) is 0 Å². The number of benzene rings is 1. The van der Waals surface area contributed by atoms with Gasteiger partial charge in [0.05, 0.1) is 29.4 Å². The summed E-state index contributed by atoms with van der Waals surface area (Å²) in [6.45, 7) is 0.124. The van der Waals surface area contributed by atoms with E-state index in [4.69, 9.17) is 4.74 Å². The molecular formula is C11H13NaO6S. The molecule has 19 heavy (non-hydrogen) atoms. The Kier molecular flexibility index (Phi) is 8.28. The van der Waals surface area contributed by atoms with E-state index >= 15 is 0 Å². The second-order valence-corrected chi connectivity index (χ2v) is 5.00.